The molecule has 4 aromatic carbocycles. The van der Waals surface area contributed by atoms with Gasteiger partial charge in [-0.1, -0.05) is 60.7 Å². The lowest BCUT2D eigenvalue weighted by Crippen LogP contribution is -2.15. The Hall–Kier alpha value is -3.86. The van der Waals surface area contributed by atoms with Gasteiger partial charge in [-0.2, -0.15) is 0 Å². The maximum absolute atomic E-state index is 13.0. The molecule has 0 aliphatic heterocycles. The van der Waals surface area contributed by atoms with Gasteiger partial charge in [0.15, 0.2) is 0 Å². The number of fused-ring (bicyclic) bond motifs is 2. The van der Waals surface area contributed by atoms with E-state index >= 15 is 0 Å². The van der Waals surface area contributed by atoms with Crippen LogP contribution in [0.25, 0.3) is 21.5 Å². The zero-order chi connectivity index (χ0) is 20.4. The van der Waals surface area contributed by atoms with Crippen LogP contribution in [0.4, 0.5) is 0 Å². The Morgan fingerprint density at radius 1 is 0.586 bits per heavy atom. The highest BCUT2D eigenvalue weighted by atomic mass is 16.6. The highest BCUT2D eigenvalue weighted by Crippen LogP contribution is 2.31. The van der Waals surface area contributed by atoms with Gasteiger partial charge in [0.25, 0.3) is 0 Å². The molecule has 0 amide bonds. The molecule has 0 fully saturated rings. The highest BCUT2D eigenvalue weighted by Gasteiger charge is 2.25. The largest absolute Gasteiger partial charge is 0.496 e. The van der Waals surface area contributed by atoms with Gasteiger partial charge in [-0.05, 0) is 33.7 Å². The number of carbonyl (C=O) groups is 2. The monoisotopic (exact) mass is 386 g/mol. The van der Waals surface area contributed by atoms with Crippen molar-refractivity contribution in [1.29, 1.82) is 0 Å². The van der Waals surface area contributed by atoms with Crippen LogP contribution in [-0.4, -0.2) is 26.2 Å². The van der Waals surface area contributed by atoms with Gasteiger partial charge in [0, 0.05) is 0 Å². The number of hydrogen-bond donors (Lipinski definition) is 0. The van der Waals surface area contributed by atoms with E-state index < -0.39 is 11.9 Å². The van der Waals surface area contributed by atoms with Gasteiger partial charge in [0.05, 0.1) is 14.2 Å². The maximum Gasteiger partial charge on any atom is 0.350 e. The van der Waals surface area contributed by atoms with Crippen LogP contribution < -0.4 is 9.47 Å². The first-order valence-electron chi connectivity index (χ1n) is 9.02. The van der Waals surface area contributed by atoms with E-state index in [9.17, 15) is 9.59 Å². The number of benzene rings is 4. The number of carbonyl (C=O) groups excluding carboxylic acids is 2. The Kier molecular flexibility index (Phi) is 4.87. The molecule has 0 saturated heterocycles. The van der Waals surface area contributed by atoms with E-state index in [1.807, 2.05) is 48.5 Å². The molecule has 4 rings (SSSR count). The molecule has 29 heavy (non-hydrogen) atoms. The molecule has 0 heterocycles. The average Bonchev–Trinajstić information content (AvgIpc) is 2.77. The minimum absolute atomic E-state index is 0.207. The molecule has 0 spiro atoms. The van der Waals surface area contributed by atoms with Gasteiger partial charge >= 0.3 is 11.9 Å². The lowest BCUT2D eigenvalue weighted by molar-refractivity contribution is 0.0397. The van der Waals surface area contributed by atoms with E-state index in [-0.39, 0.29) is 11.1 Å². The van der Waals surface area contributed by atoms with E-state index in [4.69, 9.17) is 14.2 Å². The first-order valence-corrected chi connectivity index (χ1v) is 9.02. The number of ether oxygens (including phenoxy) is 3. The van der Waals surface area contributed by atoms with Gasteiger partial charge in [-0.25, -0.2) is 9.59 Å². The van der Waals surface area contributed by atoms with Gasteiger partial charge in [0.1, 0.15) is 22.6 Å². The van der Waals surface area contributed by atoms with Crippen LogP contribution in [0.3, 0.4) is 0 Å². The van der Waals surface area contributed by atoms with Crippen LogP contribution in [0.5, 0.6) is 11.5 Å². The van der Waals surface area contributed by atoms with Gasteiger partial charge < -0.3 is 14.2 Å². The number of esters is 2. The molecule has 0 unspecified atom stereocenters. The van der Waals surface area contributed by atoms with Crippen LogP contribution in [0.1, 0.15) is 20.7 Å². The Bertz CT molecular complexity index is 1150. The summed E-state index contributed by atoms with van der Waals surface area (Å²) in [5.74, 6) is -0.880. The molecule has 0 N–H and O–H groups in total. The van der Waals surface area contributed by atoms with Crippen molar-refractivity contribution in [3.05, 3.63) is 83.9 Å². The molecule has 0 aromatic heterocycles. The quantitative estimate of drug-likeness (QED) is 0.365. The second-order valence-electron chi connectivity index (χ2n) is 6.40. The van der Waals surface area contributed by atoms with Crippen LogP contribution in [0.15, 0.2) is 72.8 Å². The second kappa shape index (κ2) is 7.64. The summed E-state index contributed by atoms with van der Waals surface area (Å²) < 4.78 is 16.0. The SMILES string of the molecule is COc1ccc2ccccc2c1C(=O)OC(=O)c1c(OC)ccc2ccccc12. The summed E-state index contributed by atoms with van der Waals surface area (Å²) in [6, 6.07) is 21.8. The Balaban J connectivity index is 1.78. The van der Waals surface area contributed by atoms with Crippen molar-refractivity contribution >= 4 is 33.5 Å². The maximum atomic E-state index is 13.0. The fourth-order valence-corrected chi connectivity index (χ4v) is 3.45. The smallest absolute Gasteiger partial charge is 0.350 e. The molecule has 0 saturated carbocycles. The molecule has 144 valence electrons. The Morgan fingerprint density at radius 3 is 1.41 bits per heavy atom. The molecular formula is C24H18O5. The zero-order valence-corrected chi connectivity index (χ0v) is 16.0. The minimum Gasteiger partial charge on any atom is -0.496 e. The molecule has 0 radical (unpaired) electrons. The summed E-state index contributed by atoms with van der Waals surface area (Å²) in [4.78, 5) is 26.0. The third-order valence-electron chi connectivity index (χ3n) is 4.82. The minimum atomic E-state index is -0.779. The first kappa shape index (κ1) is 18.5. The van der Waals surface area contributed by atoms with E-state index in [2.05, 4.69) is 0 Å². The van der Waals surface area contributed by atoms with Gasteiger partial charge in [0.2, 0.25) is 0 Å². The van der Waals surface area contributed by atoms with Crippen molar-refractivity contribution in [1.82, 2.24) is 0 Å². The van der Waals surface area contributed by atoms with Crippen molar-refractivity contribution in [3.8, 4) is 11.5 Å². The fourth-order valence-electron chi connectivity index (χ4n) is 3.45. The molecule has 0 bridgehead atoms. The second-order valence-corrected chi connectivity index (χ2v) is 6.40. The van der Waals surface area contributed by atoms with E-state index in [0.717, 1.165) is 10.8 Å². The van der Waals surface area contributed by atoms with Crippen molar-refractivity contribution in [2.24, 2.45) is 0 Å². The molecule has 5 nitrogen and oxygen atoms in total. The lowest BCUT2D eigenvalue weighted by Gasteiger charge is -2.13. The average molecular weight is 386 g/mol. The molecule has 0 aliphatic rings. The van der Waals surface area contributed by atoms with Gasteiger partial charge in [-0.15, -0.1) is 0 Å². The molecule has 5 heteroatoms. The fraction of sp³-hybridized carbons (Fsp3) is 0.0833. The summed E-state index contributed by atoms with van der Waals surface area (Å²) in [7, 11) is 2.94. The standard InChI is InChI=1S/C24H18O5/c1-27-19-13-11-15-7-3-5-9-17(15)21(19)23(25)29-24(26)22-18-10-6-4-8-16(18)12-14-20(22)28-2/h3-14H,1-2H3. The normalized spacial score (nSPS) is 10.7. The number of methoxy groups -OCH3 is 2. The molecule has 4 aromatic rings. The third-order valence-corrected chi connectivity index (χ3v) is 4.82. The highest BCUT2D eigenvalue weighted by molar-refractivity contribution is 6.15. The summed E-state index contributed by atoms with van der Waals surface area (Å²) in [5, 5.41) is 2.98. The van der Waals surface area contributed by atoms with Crippen molar-refractivity contribution in [2.75, 3.05) is 14.2 Å². The lowest BCUT2D eigenvalue weighted by atomic mass is 10.0. The number of rotatable bonds is 4. The van der Waals surface area contributed by atoms with E-state index in [1.54, 1.807) is 24.3 Å². The van der Waals surface area contributed by atoms with Crippen LogP contribution in [0.2, 0.25) is 0 Å². The van der Waals surface area contributed by atoms with Crippen LogP contribution >= 0.6 is 0 Å². The number of hydrogen-bond acceptors (Lipinski definition) is 5. The zero-order valence-electron chi connectivity index (χ0n) is 16.0. The predicted molar refractivity (Wildman–Crippen MR) is 111 cm³/mol. The summed E-state index contributed by atoms with van der Waals surface area (Å²) in [6.07, 6.45) is 0. The van der Waals surface area contributed by atoms with Crippen molar-refractivity contribution in [2.45, 2.75) is 0 Å². The Morgan fingerprint density at radius 2 is 1.00 bits per heavy atom. The van der Waals surface area contributed by atoms with Crippen LogP contribution in [-0.2, 0) is 4.74 Å². The molecule has 0 atom stereocenters. The summed E-state index contributed by atoms with van der Waals surface area (Å²) >= 11 is 0. The van der Waals surface area contributed by atoms with Crippen molar-refractivity contribution in [3.63, 3.8) is 0 Å². The van der Waals surface area contributed by atoms with E-state index in [1.165, 1.54) is 14.2 Å². The summed E-state index contributed by atoms with van der Waals surface area (Å²) in [5.41, 5.74) is 0.413. The first-order chi connectivity index (χ1) is 14.1. The van der Waals surface area contributed by atoms with Gasteiger partial charge in [-0.3, -0.25) is 0 Å². The predicted octanol–water partition coefficient (Wildman–Crippen LogP) is 5.01. The molecular weight excluding hydrogens is 368 g/mol. The topological polar surface area (TPSA) is 61.8 Å². The Labute approximate surface area is 167 Å². The van der Waals surface area contributed by atoms with Crippen LogP contribution in [0, 0.1) is 0 Å². The molecule has 0 aliphatic carbocycles. The van der Waals surface area contributed by atoms with E-state index in [0.29, 0.717) is 22.3 Å². The summed E-state index contributed by atoms with van der Waals surface area (Å²) in [6.45, 7) is 0. The van der Waals surface area contributed by atoms with Crippen molar-refractivity contribution < 1.29 is 23.8 Å². The third kappa shape index (κ3) is 3.27.